The van der Waals surface area contributed by atoms with E-state index in [9.17, 15) is 22.8 Å². The standard InChI is InChI=1S/C25H27ClF3N7O2/c1-14(37)36-12-17(30-22-9-23(25(27,28)29)32-21-4-3-16(26)7-19(21)22)8-18(13-36)31-24(38)35-6-5-20-15(11-35)10-34(2)33-20/h3-4,7,9-10,17-18H,5-6,8,11-13H2,1-2H3,(H,30,32)(H,31,38)/t17-,18+/m1/s1. The van der Waals surface area contributed by atoms with Gasteiger partial charge in [-0.2, -0.15) is 18.3 Å². The zero-order valence-corrected chi connectivity index (χ0v) is 21.6. The van der Waals surface area contributed by atoms with E-state index in [1.807, 2.05) is 13.2 Å². The van der Waals surface area contributed by atoms with Crippen LogP contribution < -0.4 is 10.6 Å². The molecule has 9 nitrogen and oxygen atoms in total. The largest absolute Gasteiger partial charge is 0.433 e. The van der Waals surface area contributed by atoms with Crippen molar-refractivity contribution < 1.29 is 22.8 Å². The van der Waals surface area contributed by atoms with Gasteiger partial charge in [-0.05, 0) is 30.7 Å². The van der Waals surface area contributed by atoms with E-state index in [1.54, 1.807) is 20.5 Å². The van der Waals surface area contributed by atoms with Crippen LogP contribution in [-0.2, 0) is 31.0 Å². The predicted octanol–water partition coefficient (Wildman–Crippen LogP) is 3.81. The normalized spacial score (nSPS) is 19.8. The first-order chi connectivity index (χ1) is 18.0. The lowest BCUT2D eigenvalue weighted by atomic mass is 9.99. The van der Waals surface area contributed by atoms with Crippen LogP contribution in [0.4, 0.5) is 23.7 Å². The number of rotatable bonds is 3. The number of urea groups is 1. The van der Waals surface area contributed by atoms with Gasteiger partial charge in [0.25, 0.3) is 0 Å². The molecule has 2 aromatic heterocycles. The maximum atomic E-state index is 13.6. The number of alkyl halides is 3. The molecule has 5 rings (SSSR count). The topological polar surface area (TPSA) is 95.4 Å². The zero-order valence-electron chi connectivity index (χ0n) is 20.8. The van der Waals surface area contributed by atoms with Gasteiger partial charge in [0.15, 0.2) is 0 Å². The number of aryl methyl sites for hydroxylation is 1. The summed E-state index contributed by atoms with van der Waals surface area (Å²) in [5, 5.41) is 11.4. The molecule has 38 heavy (non-hydrogen) atoms. The lowest BCUT2D eigenvalue weighted by Gasteiger charge is -2.39. The van der Waals surface area contributed by atoms with E-state index in [0.29, 0.717) is 42.9 Å². The summed E-state index contributed by atoms with van der Waals surface area (Å²) in [5.41, 5.74) is 1.30. The lowest BCUT2D eigenvalue weighted by Crippen LogP contribution is -2.57. The minimum Gasteiger partial charge on any atom is -0.380 e. The van der Waals surface area contributed by atoms with Gasteiger partial charge in [-0.15, -0.1) is 0 Å². The number of fused-ring (bicyclic) bond motifs is 2. The molecule has 0 radical (unpaired) electrons. The molecule has 3 amide bonds. The second-order valence-corrected chi connectivity index (χ2v) is 10.2. The number of piperidine rings is 1. The molecule has 2 aliphatic heterocycles. The third kappa shape index (κ3) is 5.50. The summed E-state index contributed by atoms with van der Waals surface area (Å²) in [6.45, 7) is 2.96. The summed E-state index contributed by atoms with van der Waals surface area (Å²) in [6, 6.07) is 4.37. The Morgan fingerprint density at radius 3 is 2.63 bits per heavy atom. The Morgan fingerprint density at radius 2 is 1.89 bits per heavy atom. The number of aromatic nitrogens is 3. The molecular formula is C25H27ClF3N7O2. The molecule has 202 valence electrons. The van der Waals surface area contributed by atoms with Gasteiger partial charge in [0.05, 0.1) is 23.8 Å². The van der Waals surface area contributed by atoms with E-state index >= 15 is 0 Å². The van der Waals surface area contributed by atoms with Gasteiger partial charge < -0.3 is 20.4 Å². The Hall–Kier alpha value is -3.54. The summed E-state index contributed by atoms with van der Waals surface area (Å²) in [6.07, 6.45) is -1.68. The molecular weight excluding hydrogens is 523 g/mol. The second kappa shape index (κ2) is 9.97. The average Bonchev–Trinajstić information content (AvgIpc) is 3.22. The zero-order chi connectivity index (χ0) is 27.2. The number of nitrogens with zero attached hydrogens (tertiary/aromatic N) is 5. The minimum absolute atomic E-state index is 0.149. The summed E-state index contributed by atoms with van der Waals surface area (Å²) < 4.78 is 42.4. The van der Waals surface area contributed by atoms with E-state index in [4.69, 9.17) is 11.6 Å². The summed E-state index contributed by atoms with van der Waals surface area (Å²) in [5.74, 6) is -0.188. The number of carbonyl (C=O) groups excluding carboxylic acids is 2. The Kier molecular flexibility index (Phi) is 6.84. The van der Waals surface area contributed by atoms with Crippen LogP contribution in [0.3, 0.4) is 0 Å². The smallest absolute Gasteiger partial charge is 0.380 e. The highest BCUT2D eigenvalue weighted by atomic mass is 35.5. The number of benzene rings is 1. The lowest BCUT2D eigenvalue weighted by molar-refractivity contribution is -0.140. The Morgan fingerprint density at radius 1 is 1.13 bits per heavy atom. The van der Waals surface area contributed by atoms with Crippen LogP contribution >= 0.6 is 11.6 Å². The van der Waals surface area contributed by atoms with E-state index in [0.717, 1.165) is 17.3 Å². The molecule has 1 fully saturated rings. The molecule has 1 saturated heterocycles. The number of likely N-dealkylation sites (tertiary alicyclic amines) is 1. The number of carbonyl (C=O) groups is 2. The second-order valence-electron chi connectivity index (χ2n) is 9.81. The Balaban J connectivity index is 1.36. The molecule has 1 aromatic carbocycles. The van der Waals surface area contributed by atoms with E-state index in [1.165, 1.54) is 19.1 Å². The van der Waals surface area contributed by atoms with Crippen LogP contribution in [-0.4, -0.2) is 68.2 Å². The first-order valence-corrected chi connectivity index (χ1v) is 12.6. The number of halogens is 4. The highest BCUT2D eigenvalue weighted by Crippen LogP contribution is 2.35. The highest BCUT2D eigenvalue weighted by molar-refractivity contribution is 6.31. The van der Waals surface area contributed by atoms with Crippen molar-refractivity contribution in [3.63, 3.8) is 0 Å². The first-order valence-electron chi connectivity index (χ1n) is 12.2. The highest BCUT2D eigenvalue weighted by Gasteiger charge is 2.35. The van der Waals surface area contributed by atoms with Crippen molar-refractivity contribution in [1.29, 1.82) is 0 Å². The summed E-state index contributed by atoms with van der Waals surface area (Å²) >= 11 is 6.13. The number of nitrogens with one attached hydrogen (secondary N) is 2. The van der Waals surface area contributed by atoms with Crippen molar-refractivity contribution in [2.45, 2.75) is 44.6 Å². The van der Waals surface area contributed by atoms with Crippen LogP contribution in [0.5, 0.6) is 0 Å². The van der Waals surface area contributed by atoms with Crippen LogP contribution in [0.25, 0.3) is 10.9 Å². The Labute approximate surface area is 221 Å². The van der Waals surface area contributed by atoms with Gasteiger partial charge in [-0.3, -0.25) is 9.48 Å². The maximum absolute atomic E-state index is 13.6. The van der Waals surface area contributed by atoms with E-state index < -0.39 is 24.0 Å². The fraction of sp³-hybridized carbons (Fsp3) is 0.440. The quantitative estimate of drug-likeness (QED) is 0.518. The number of hydrogen-bond donors (Lipinski definition) is 2. The van der Waals surface area contributed by atoms with Crippen LogP contribution in [0, 0.1) is 0 Å². The third-order valence-electron chi connectivity index (χ3n) is 6.90. The van der Waals surface area contributed by atoms with Crippen LogP contribution in [0.15, 0.2) is 30.5 Å². The monoisotopic (exact) mass is 549 g/mol. The third-order valence-corrected chi connectivity index (χ3v) is 7.14. The molecule has 0 saturated carbocycles. The van der Waals surface area contributed by atoms with Crippen molar-refractivity contribution in [3.05, 3.63) is 52.4 Å². The van der Waals surface area contributed by atoms with Gasteiger partial charge in [0.1, 0.15) is 5.69 Å². The average molecular weight is 550 g/mol. The van der Waals surface area contributed by atoms with Crippen LogP contribution in [0.2, 0.25) is 5.02 Å². The fourth-order valence-corrected chi connectivity index (χ4v) is 5.31. The number of hydrogen-bond acceptors (Lipinski definition) is 5. The number of anilines is 1. The molecule has 0 spiro atoms. The summed E-state index contributed by atoms with van der Waals surface area (Å²) in [4.78, 5) is 32.4. The van der Waals surface area contributed by atoms with Gasteiger partial charge in [0, 0.05) is 73.9 Å². The first kappa shape index (κ1) is 26.1. The molecule has 3 aromatic rings. The minimum atomic E-state index is -4.64. The van der Waals surface area contributed by atoms with Crippen molar-refractivity contribution >= 4 is 40.1 Å². The van der Waals surface area contributed by atoms with Gasteiger partial charge in [0.2, 0.25) is 5.91 Å². The Bertz CT molecular complexity index is 1390. The van der Waals surface area contributed by atoms with Crippen LogP contribution in [0.1, 0.15) is 30.3 Å². The number of amides is 3. The van der Waals surface area contributed by atoms with E-state index in [-0.39, 0.29) is 29.7 Å². The molecule has 0 bridgehead atoms. The molecule has 0 unspecified atom stereocenters. The van der Waals surface area contributed by atoms with E-state index in [2.05, 4.69) is 20.7 Å². The van der Waals surface area contributed by atoms with Gasteiger partial charge in [-0.1, -0.05) is 11.6 Å². The molecule has 13 heteroatoms. The molecule has 2 aliphatic rings. The predicted molar refractivity (Wildman–Crippen MR) is 136 cm³/mol. The van der Waals surface area contributed by atoms with Crippen molar-refractivity contribution in [1.82, 2.24) is 29.9 Å². The maximum Gasteiger partial charge on any atom is 0.433 e. The fourth-order valence-electron chi connectivity index (χ4n) is 5.14. The summed E-state index contributed by atoms with van der Waals surface area (Å²) in [7, 11) is 1.84. The van der Waals surface area contributed by atoms with Gasteiger partial charge >= 0.3 is 12.2 Å². The molecule has 2 N–H and O–H groups in total. The number of pyridine rings is 1. The molecule has 2 atom stereocenters. The molecule has 0 aliphatic carbocycles. The van der Waals surface area contributed by atoms with Crippen molar-refractivity contribution in [2.24, 2.45) is 7.05 Å². The SMILES string of the molecule is CC(=O)N1C[C@@H](NC(=O)N2CCc3nn(C)cc3C2)C[C@@H](Nc2cc(C(F)(F)F)nc3ccc(Cl)cc23)C1. The van der Waals surface area contributed by atoms with Gasteiger partial charge in [-0.25, -0.2) is 9.78 Å². The molecule has 4 heterocycles. The van der Waals surface area contributed by atoms with Crippen molar-refractivity contribution in [2.75, 3.05) is 25.0 Å². The van der Waals surface area contributed by atoms with Crippen molar-refractivity contribution in [3.8, 4) is 0 Å².